The molecule has 0 atom stereocenters. The van der Waals surface area contributed by atoms with Gasteiger partial charge in [0.1, 0.15) is 0 Å². The molecule has 0 fully saturated rings. The van der Waals surface area contributed by atoms with Gasteiger partial charge >= 0.3 is 0 Å². The number of hydrogen-bond acceptors (Lipinski definition) is 3. The molecule has 0 saturated heterocycles. The fraction of sp³-hybridized carbons (Fsp3) is 0.0385. The van der Waals surface area contributed by atoms with Crippen LogP contribution in [0.2, 0.25) is 0 Å². The van der Waals surface area contributed by atoms with Crippen LogP contribution in [-0.4, -0.2) is 14.3 Å². The third kappa shape index (κ3) is 4.71. The molecule has 0 aromatic heterocycles. The fourth-order valence-electron chi connectivity index (χ4n) is 3.28. The minimum Gasteiger partial charge on any atom is -0.280 e. The van der Waals surface area contributed by atoms with E-state index in [1.807, 2.05) is 55.5 Å². The largest absolute Gasteiger partial charge is 0.280 e. The van der Waals surface area contributed by atoms with Crippen molar-refractivity contribution in [3.05, 3.63) is 120 Å². The Morgan fingerprint density at radius 3 is 1.81 bits per heavy atom. The van der Waals surface area contributed by atoms with Gasteiger partial charge in [0.05, 0.1) is 4.90 Å². The van der Waals surface area contributed by atoms with Crippen molar-refractivity contribution in [2.75, 3.05) is 9.62 Å². The maximum Gasteiger partial charge on any atom is 0.262 e. The van der Waals surface area contributed by atoms with Crippen LogP contribution >= 0.6 is 0 Å². The van der Waals surface area contributed by atoms with Crippen LogP contribution in [0.5, 0.6) is 0 Å². The van der Waals surface area contributed by atoms with E-state index in [2.05, 4.69) is 4.72 Å². The Labute approximate surface area is 188 Å². The third-order valence-electron chi connectivity index (χ3n) is 4.95. The van der Waals surface area contributed by atoms with Crippen molar-refractivity contribution in [3.63, 3.8) is 0 Å². The number of nitrogens with zero attached hydrogens (tertiary/aromatic N) is 1. The number of hydrogen-bond donors (Lipinski definition) is 1. The number of aryl methyl sites for hydroxylation is 1. The van der Waals surface area contributed by atoms with Crippen molar-refractivity contribution in [3.8, 4) is 0 Å². The Hall–Kier alpha value is -3.90. The second-order valence-corrected chi connectivity index (χ2v) is 8.99. The van der Waals surface area contributed by atoms with Crippen LogP contribution in [0.4, 0.5) is 17.1 Å². The highest BCUT2D eigenvalue weighted by Crippen LogP contribution is 2.29. The normalized spacial score (nSPS) is 11.0. The number of rotatable bonds is 6. The van der Waals surface area contributed by atoms with E-state index < -0.39 is 10.0 Å². The Bertz CT molecular complexity index is 1300. The first-order chi connectivity index (χ1) is 15.4. The van der Waals surface area contributed by atoms with E-state index in [0.29, 0.717) is 22.6 Å². The molecule has 0 radical (unpaired) electrons. The molecule has 5 nitrogen and oxygen atoms in total. The molecule has 1 amide bonds. The molecular formula is C26H22N2O3S. The molecule has 32 heavy (non-hydrogen) atoms. The van der Waals surface area contributed by atoms with Crippen LogP contribution in [0.3, 0.4) is 0 Å². The van der Waals surface area contributed by atoms with E-state index in [-0.39, 0.29) is 10.8 Å². The third-order valence-corrected chi connectivity index (χ3v) is 6.34. The summed E-state index contributed by atoms with van der Waals surface area (Å²) in [6.45, 7) is 1.90. The maximum absolute atomic E-state index is 13.3. The van der Waals surface area contributed by atoms with Gasteiger partial charge in [0.15, 0.2) is 0 Å². The molecule has 6 heteroatoms. The highest BCUT2D eigenvalue weighted by molar-refractivity contribution is 7.92. The predicted molar refractivity (Wildman–Crippen MR) is 128 cm³/mol. The molecule has 0 heterocycles. The molecule has 0 aliphatic carbocycles. The summed E-state index contributed by atoms with van der Waals surface area (Å²) in [5.74, 6) is -0.176. The lowest BCUT2D eigenvalue weighted by Crippen LogP contribution is -2.25. The van der Waals surface area contributed by atoms with Gasteiger partial charge in [-0.3, -0.25) is 14.4 Å². The van der Waals surface area contributed by atoms with Crippen molar-refractivity contribution in [2.45, 2.75) is 11.8 Å². The van der Waals surface area contributed by atoms with Gasteiger partial charge in [0.25, 0.3) is 15.9 Å². The molecule has 1 N–H and O–H groups in total. The van der Waals surface area contributed by atoms with Crippen LogP contribution in [0.15, 0.2) is 114 Å². The molecular weight excluding hydrogens is 420 g/mol. The summed E-state index contributed by atoms with van der Waals surface area (Å²) in [4.78, 5) is 15.1. The Kier molecular flexibility index (Phi) is 6.05. The molecule has 0 aliphatic rings. The smallest absolute Gasteiger partial charge is 0.262 e. The van der Waals surface area contributed by atoms with Crippen molar-refractivity contribution in [1.82, 2.24) is 0 Å². The molecule has 0 saturated carbocycles. The summed E-state index contributed by atoms with van der Waals surface area (Å²) in [6, 6.07) is 31.8. The molecule has 0 spiro atoms. The minimum absolute atomic E-state index is 0.176. The Morgan fingerprint density at radius 1 is 0.688 bits per heavy atom. The summed E-state index contributed by atoms with van der Waals surface area (Å²) in [5.41, 5.74) is 3.30. The number of amides is 1. The molecule has 160 valence electrons. The molecule has 4 rings (SSSR count). The average molecular weight is 443 g/mol. The number of carbonyl (C=O) groups is 1. The molecule has 4 aromatic carbocycles. The van der Waals surface area contributed by atoms with Crippen molar-refractivity contribution in [1.29, 1.82) is 0 Å². The van der Waals surface area contributed by atoms with Crippen LogP contribution in [-0.2, 0) is 10.0 Å². The van der Waals surface area contributed by atoms with Crippen molar-refractivity contribution in [2.24, 2.45) is 0 Å². The number of carbonyl (C=O) groups excluding carboxylic acids is 1. The van der Waals surface area contributed by atoms with Gasteiger partial charge in [0.2, 0.25) is 0 Å². The monoisotopic (exact) mass is 442 g/mol. The highest BCUT2D eigenvalue weighted by Gasteiger charge is 2.20. The molecule has 0 bridgehead atoms. The van der Waals surface area contributed by atoms with E-state index in [1.165, 1.54) is 0 Å². The summed E-state index contributed by atoms with van der Waals surface area (Å²) in [7, 11) is -3.71. The van der Waals surface area contributed by atoms with Crippen molar-refractivity contribution >= 4 is 33.0 Å². The van der Waals surface area contributed by atoms with E-state index in [9.17, 15) is 13.2 Å². The average Bonchev–Trinajstić information content (AvgIpc) is 2.82. The summed E-state index contributed by atoms with van der Waals surface area (Å²) >= 11 is 0. The summed E-state index contributed by atoms with van der Waals surface area (Å²) in [6.07, 6.45) is 0. The van der Waals surface area contributed by atoms with Gasteiger partial charge in [-0.15, -0.1) is 0 Å². The van der Waals surface area contributed by atoms with Gasteiger partial charge in [-0.25, -0.2) is 8.42 Å². The van der Waals surface area contributed by atoms with Gasteiger partial charge in [-0.05, 0) is 67.6 Å². The van der Waals surface area contributed by atoms with E-state index in [4.69, 9.17) is 0 Å². The van der Waals surface area contributed by atoms with Crippen LogP contribution in [0, 0.1) is 6.92 Å². The maximum atomic E-state index is 13.3. The lowest BCUT2D eigenvalue weighted by molar-refractivity contribution is 0.0999. The number of benzene rings is 4. The zero-order valence-corrected chi connectivity index (χ0v) is 18.3. The number of anilines is 3. The Balaban J connectivity index is 1.64. The standard InChI is InChI=1S/C26H22N2O3S/c1-20-12-18-25(19-13-20)32(30,31)27-22-14-16-24(17-15-22)28(23-10-6-3-7-11-23)26(29)21-8-4-2-5-9-21/h2-19,27H,1H3. The van der Waals surface area contributed by atoms with Gasteiger partial charge < -0.3 is 0 Å². The zero-order chi connectivity index (χ0) is 22.6. The second-order valence-electron chi connectivity index (χ2n) is 7.31. The van der Waals surface area contributed by atoms with Gasteiger partial charge in [-0.1, -0.05) is 54.1 Å². The van der Waals surface area contributed by atoms with Crippen LogP contribution in [0.25, 0.3) is 0 Å². The van der Waals surface area contributed by atoms with Crippen molar-refractivity contribution < 1.29 is 13.2 Å². The number of para-hydroxylation sites is 1. The summed E-state index contributed by atoms with van der Waals surface area (Å²) < 4.78 is 27.9. The number of sulfonamides is 1. The van der Waals surface area contributed by atoms with Crippen LogP contribution < -0.4 is 9.62 Å². The number of nitrogens with one attached hydrogen (secondary N) is 1. The molecule has 0 aliphatic heterocycles. The quantitative estimate of drug-likeness (QED) is 0.412. The topological polar surface area (TPSA) is 66.5 Å². The fourth-order valence-corrected chi connectivity index (χ4v) is 4.34. The van der Waals surface area contributed by atoms with E-state index in [0.717, 1.165) is 5.56 Å². The first kappa shape index (κ1) is 21.3. The molecule has 4 aromatic rings. The second kappa shape index (κ2) is 9.08. The predicted octanol–water partition coefficient (Wildman–Crippen LogP) is 5.77. The lowest BCUT2D eigenvalue weighted by Gasteiger charge is -2.23. The minimum atomic E-state index is -3.71. The van der Waals surface area contributed by atoms with Gasteiger partial charge in [-0.2, -0.15) is 0 Å². The Morgan fingerprint density at radius 2 is 1.22 bits per heavy atom. The SMILES string of the molecule is Cc1ccc(S(=O)(=O)Nc2ccc(N(C(=O)c3ccccc3)c3ccccc3)cc2)cc1. The van der Waals surface area contributed by atoms with E-state index in [1.54, 1.807) is 65.6 Å². The summed E-state index contributed by atoms with van der Waals surface area (Å²) in [5, 5.41) is 0. The lowest BCUT2D eigenvalue weighted by atomic mass is 10.1. The highest BCUT2D eigenvalue weighted by atomic mass is 32.2. The molecule has 0 unspecified atom stereocenters. The first-order valence-corrected chi connectivity index (χ1v) is 11.6. The van der Waals surface area contributed by atoms with Gasteiger partial charge in [0, 0.05) is 22.6 Å². The zero-order valence-electron chi connectivity index (χ0n) is 17.5. The first-order valence-electron chi connectivity index (χ1n) is 10.1. The van der Waals surface area contributed by atoms with E-state index >= 15 is 0 Å². The van der Waals surface area contributed by atoms with Crippen LogP contribution in [0.1, 0.15) is 15.9 Å².